The number of hydrogen-bond acceptors (Lipinski definition) is 6. The van der Waals surface area contributed by atoms with Gasteiger partial charge in [0.05, 0.1) is 6.20 Å². The van der Waals surface area contributed by atoms with E-state index >= 15 is 0 Å². The van der Waals surface area contributed by atoms with Crippen molar-refractivity contribution in [3.05, 3.63) is 53.2 Å². The molecule has 1 fully saturated rings. The van der Waals surface area contributed by atoms with Gasteiger partial charge in [-0.1, -0.05) is 11.2 Å². The van der Waals surface area contributed by atoms with E-state index in [1.54, 1.807) is 0 Å². The van der Waals surface area contributed by atoms with Crippen molar-refractivity contribution in [1.29, 1.82) is 0 Å². The van der Waals surface area contributed by atoms with E-state index < -0.39 is 0 Å². The lowest BCUT2D eigenvalue weighted by atomic mass is 9.93. The highest BCUT2D eigenvalue weighted by Gasteiger charge is 2.22. The number of aryl methyl sites for hydroxylation is 2. The van der Waals surface area contributed by atoms with Crippen LogP contribution in [0.3, 0.4) is 0 Å². The molecule has 27 heavy (non-hydrogen) atoms. The largest absolute Gasteiger partial charge is 0.360 e. The SMILES string of the molecule is Cc1cc(Nc2cccc(C3CCN(Cc4cnn(C)c4C)CC3)n2)no1. The summed E-state index contributed by atoms with van der Waals surface area (Å²) in [4.78, 5) is 7.32. The molecule has 1 aliphatic heterocycles. The summed E-state index contributed by atoms with van der Waals surface area (Å²) in [5, 5.41) is 11.5. The van der Waals surface area contributed by atoms with Gasteiger partial charge in [-0.25, -0.2) is 4.98 Å². The fraction of sp³-hybridized carbons (Fsp3) is 0.450. The van der Waals surface area contributed by atoms with E-state index in [0.717, 1.165) is 49.7 Å². The number of nitrogens with zero attached hydrogens (tertiary/aromatic N) is 5. The summed E-state index contributed by atoms with van der Waals surface area (Å²) >= 11 is 0. The molecule has 1 N–H and O–H groups in total. The molecule has 4 rings (SSSR count). The van der Waals surface area contributed by atoms with Crippen LogP contribution in [0.2, 0.25) is 0 Å². The Morgan fingerprint density at radius 2 is 2.00 bits per heavy atom. The smallest absolute Gasteiger partial charge is 0.175 e. The molecular weight excluding hydrogens is 340 g/mol. The normalized spacial score (nSPS) is 16.0. The molecular formula is C20H26N6O. The molecule has 7 nitrogen and oxygen atoms in total. The Labute approximate surface area is 159 Å². The minimum atomic E-state index is 0.497. The van der Waals surface area contributed by atoms with Gasteiger partial charge < -0.3 is 9.84 Å². The molecule has 0 amide bonds. The van der Waals surface area contributed by atoms with E-state index in [1.165, 1.54) is 11.3 Å². The van der Waals surface area contributed by atoms with Crippen molar-refractivity contribution < 1.29 is 4.52 Å². The van der Waals surface area contributed by atoms with Gasteiger partial charge in [-0.15, -0.1) is 0 Å². The molecule has 0 radical (unpaired) electrons. The van der Waals surface area contributed by atoms with Gasteiger partial charge in [0.1, 0.15) is 11.6 Å². The number of aromatic nitrogens is 4. The number of piperidine rings is 1. The van der Waals surface area contributed by atoms with Crippen LogP contribution in [0.5, 0.6) is 0 Å². The highest BCUT2D eigenvalue weighted by atomic mass is 16.5. The summed E-state index contributed by atoms with van der Waals surface area (Å²) in [6.45, 7) is 7.16. The topological polar surface area (TPSA) is 72.0 Å². The molecule has 7 heteroatoms. The summed E-state index contributed by atoms with van der Waals surface area (Å²) in [5.41, 5.74) is 3.72. The van der Waals surface area contributed by atoms with Crippen LogP contribution in [0.4, 0.5) is 11.6 Å². The summed E-state index contributed by atoms with van der Waals surface area (Å²) < 4.78 is 7.05. The summed E-state index contributed by atoms with van der Waals surface area (Å²) in [6, 6.07) is 8.02. The lowest BCUT2D eigenvalue weighted by molar-refractivity contribution is 0.203. The van der Waals surface area contributed by atoms with Crippen LogP contribution in [-0.2, 0) is 13.6 Å². The van der Waals surface area contributed by atoms with Crippen molar-refractivity contribution in [3.63, 3.8) is 0 Å². The molecule has 0 aromatic carbocycles. The second-order valence-electron chi connectivity index (χ2n) is 7.32. The molecule has 3 aromatic heterocycles. The predicted molar refractivity (Wildman–Crippen MR) is 104 cm³/mol. The van der Waals surface area contributed by atoms with Crippen LogP contribution in [0.1, 0.15) is 41.5 Å². The van der Waals surface area contributed by atoms with Gasteiger partial charge in [0, 0.05) is 42.5 Å². The monoisotopic (exact) mass is 366 g/mol. The number of nitrogens with one attached hydrogen (secondary N) is 1. The van der Waals surface area contributed by atoms with Crippen molar-refractivity contribution in [3.8, 4) is 0 Å². The predicted octanol–water partition coefficient (Wildman–Crippen LogP) is 3.54. The zero-order valence-electron chi connectivity index (χ0n) is 16.1. The zero-order valence-corrected chi connectivity index (χ0v) is 16.1. The van der Waals surface area contributed by atoms with Gasteiger partial charge in [0.2, 0.25) is 0 Å². The molecule has 142 valence electrons. The quantitative estimate of drug-likeness (QED) is 0.745. The third kappa shape index (κ3) is 4.03. The van der Waals surface area contributed by atoms with Crippen LogP contribution in [0.25, 0.3) is 0 Å². The van der Waals surface area contributed by atoms with Gasteiger partial charge in [0.25, 0.3) is 0 Å². The van der Waals surface area contributed by atoms with E-state index in [-0.39, 0.29) is 0 Å². The minimum Gasteiger partial charge on any atom is -0.360 e. The van der Waals surface area contributed by atoms with Crippen LogP contribution < -0.4 is 5.32 Å². The van der Waals surface area contributed by atoms with Crippen LogP contribution in [0, 0.1) is 13.8 Å². The molecule has 0 aliphatic carbocycles. The van der Waals surface area contributed by atoms with Gasteiger partial charge in [-0.3, -0.25) is 9.58 Å². The first-order valence-electron chi connectivity index (χ1n) is 9.45. The van der Waals surface area contributed by atoms with Crippen molar-refractivity contribution in [2.45, 2.75) is 39.2 Å². The fourth-order valence-electron chi connectivity index (χ4n) is 3.63. The standard InChI is InChI=1S/C20H26N6O/c1-14-11-20(24-27-14)23-19-6-4-5-18(22-19)16-7-9-26(10-8-16)13-17-12-21-25(3)15(17)2/h4-6,11-12,16H,7-10,13H2,1-3H3,(H,22,23,24). The Morgan fingerprint density at radius 1 is 1.19 bits per heavy atom. The second-order valence-corrected chi connectivity index (χ2v) is 7.32. The molecule has 4 heterocycles. The van der Waals surface area contributed by atoms with E-state index in [2.05, 4.69) is 39.5 Å². The Kier molecular flexibility index (Phi) is 4.94. The molecule has 1 aliphatic rings. The maximum Gasteiger partial charge on any atom is 0.175 e. The maximum absolute atomic E-state index is 5.10. The average Bonchev–Trinajstić information content (AvgIpc) is 3.22. The molecule has 0 spiro atoms. The first-order valence-corrected chi connectivity index (χ1v) is 9.45. The van der Waals surface area contributed by atoms with Crippen LogP contribution in [0.15, 0.2) is 35.0 Å². The number of anilines is 2. The fourth-order valence-corrected chi connectivity index (χ4v) is 3.63. The van der Waals surface area contributed by atoms with Crippen molar-refractivity contribution in [2.75, 3.05) is 18.4 Å². The molecule has 0 saturated carbocycles. The lowest BCUT2D eigenvalue weighted by Crippen LogP contribution is -2.32. The minimum absolute atomic E-state index is 0.497. The number of likely N-dealkylation sites (tertiary alicyclic amines) is 1. The number of rotatable bonds is 5. The second kappa shape index (κ2) is 7.52. The Hall–Kier alpha value is -2.67. The van der Waals surface area contributed by atoms with Gasteiger partial charge >= 0.3 is 0 Å². The third-order valence-corrected chi connectivity index (χ3v) is 5.39. The lowest BCUT2D eigenvalue weighted by Gasteiger charge is -2.31. The highest BCUT2D eigenvalue weighted by molar-refractivity contribution is 5.51. The third-order valence-electron chi connectivity index (χ3n) is 5.39. The molecule has 0 bridgehead atoms. The number of pyridine rings is 1. The van der Waals surface area contributed by atoms with E-state index in [0.29, 0.717) is 11.7 Å². The molecule has 3 aromatic rings. The molecule has 1 saturated heterocycles. The van der Waals surface area contributed by atoms with Crippen molar-refractivity contribution >= 4 is 11.6 Å². The zero-order chi connectivity index (χ0) is 18.8. The van der Waals surface area contributed by atoms with Crippen molar-refractivity contribution in [1.82, 2.24) is 24.8 Å². The summed E-state index contributed by atoms with van der Waals surface area (Å²) in [5.74, 6) is 2.79. The van der Waals surface area contributed by atoms with Crippen molar-refractivity contribution in [2.24, 2.45) is 7.05 Å². The van der Waals surface area contributed by atoms with Crippen LogP contribution in [-0.4, -0.2) is 37.9 Å². The van der Waals surface area contributed by atoms with Crippen LogP contribution >= 0.6 is 0 Å². The highest BCUT2D eigenvalue weighted by Crippen LogP contribution is 2.29. The average molecular weight is 366 g/mol. The van der Waals surface area contributed by atoms with E-state index in [9.17, 15) is 0 Å². The van der Waals surface area contributed by atoms with Gasteiger partial charge in [0.15, 0.2) is 5.82 Å². The molecule has 0 atom stereocenters. The van der Waals surface area contributed by atoms with Gasteiger partial charge in [-0.2, -0.15) is 5.10 Å². The Morgan fingerprint density at radius 3 is 2.67 bits per heavy atom. The summed E-state index contributed by atoms with van der Waals surface area (Å²) in [6.07, 6.45) is 4.24. The summed E-state index contributed by atoms with van der Waals surface area (Å²) in [7, 11) is 2.00. The molecule has 0 unspecified atom stereocenters. The van der Waals surface area contributed by atoms with E-state index in [4.69, 9.17) is 9.51 Å². The maximum atomic E-state index is 5.10. The number of hydrogen-bond donors (Lipinski definition) is 1. The Balaban J connectivity index is 1.36. The van der Waals surface area contributed by atoms with E-state index in [1.807, 2.05) is 37.0 Å². The first kappa shape index (κ1) is 17.7. The van der Waals surface area contributed by atoms with Gasteiger partial charge in [-0.05, 0) is 51.9 Å². The Bertz CT molecular complexity index is 907. The first-order chi connectivity index (χ1) is 13.1.